The van der Waals surface area contributed by atoms with Crippen LogP contribution in [0.2, 0.25) is 0 Å². The maximum atomic E-state index is 12.5. The van der Waals surface area contributed by atoms with Gasteiger partial charge in [0.2, 0.25) is 0 Å². The summed E-state index contributed by atoms with van der Waals surface area (Å²) in [6.45, 7) is 4.58. The van der Waals surface area contributed by atoms with Gasteiger partial charge in [0.1, 0.15) is 11.9 Å². The predicted octanol–water partition coefficient (Wildman–Crippen LogP) is 6.80. The molecule has 37 heavy (non-hydrogen) atoms. The molecule has 0 radical (unpaired) electrons. The van der Waals surface area contributed by atoms with Gasteiger partial charge in [0.25, 0.3) is 0 Å². The number of ether oxygens (including phenoxy) is 1. The number of pyridine rings is 1. The van der Waals surface area contributed by atoms with Crippen LogP contribution in [-0.2, 0) is 6.42 Å². The van der Waals surface area contributed by atoms with Crippen molar-refractivity contribution in [3.8, 4) is 5.75 Å². The molecule has 1 fully saturated rings. The summed E-state index contributed by atoms with van der Waals surface area (Å²) < 4.78 is 18.9. The average molecular weight is 518 g/mol. The Bertz CT molecular complexity index is 1270. The molecule has 1 unspecified atom stereocenters. The van der Waals surface area contributed by atoms with Crippen molar-refractivity contribution in [2.45, 2.75) is 50.2 Å². The van der Waals surface area contributed by atoms with Crippen molar-refractivity contribution in [1.82, 2.24) is 9.88 Å². The molecule has 1 saturated heterocycles. The second-order valence-electron chi connectivity index (χ2n) is 10.1. The van der Waals surface area contributed by atoms with Gasteiger partial charge in [0.15, 0.2) is 0 Å². The molecule has 1 atom stereocenters. The van der Waals surface area contributed by atoms with E-state index in [-0.39, 0.29) is 12.8 Å². The first kappa shape index (κ1) is 25.8. The summed E-state index contributed by atoms with van der Waals surface area (Å²) in [7, 11) is 0. The predicted molar refractivity (Wildman–Crippen MR) is 153 cm³/mol. The number of benzene rings is 2. The smallest absolute Gasteiger partial charge is 0.119 e. The van der Waals surface area contributed by atoms with Gasteiger partial charge < -0.3 is 10.5 Å². The number of nitrogens with zero attached hydrogens (tertiary/aromatic N) is 2. The molecule has 2 heterocycles. The largest absolute Gasteiger partial charge is 0.489 e. The number of fused-ring (bicyclic) bond motifs is 1. The topological polar surface area (TPSA) is 51.4 Å². The highest BCUT2D eigenvalue weighted by Crippen LogP contribution is 2.41. The lowest BCUT2D eigenvalue weighted by atomic mass is 9.87. The van der Waals surface area contributed by atoms with Gasteiger partial charge >= 0.3 is 0 Å². The number of anilines is 1. The van der Waals surface area contributed by atoms with E-state index in [2.05, 4.69) is 60.5 Å². The van der Waals surface area contributed by atoms with Gasteiger partial charge in [0.05, 0.1) is 11.7 Å². The van der Waals surface area contributed by atoms with Gasteiger partial charge in [-0.2, -0.15) is 0 Å². The number of likely N-dealkylation sites (tertiary alicyclic amines) is 1. The van der Waals surface area contributed by atoms with Gasteiger partial charge in [-0.25, -0.2) is 4.98 Å². The number of nitrogens with two attached hydrogens (primary N) is 1. The molecular formula is C31H36FN3OS. The molecule has 0 saturated carbocycles. The Morgan fingerprint density at radius 2 is 1.95 bits per heavy atom. The Morgan fingerprint density at radius 1 is 1.11 bits per heavy atom. The zero-order chi connectivity index (χ0) is 25.8. The summed E-state index contributed by atoms with van der Waals surface area (Å²) in [6.07, 6.45) is 8.91. The maximum Gasteiger partial charge on any atom is 0.119 e. The number of aryl methyl sites for hydroxylation is 2. The van der Waals surface area contributed by atoms with Crippen molar-refractivity contribution in [1.29, 1.82) is 0 Å². The molecule has 1 aromatic heterocycles. The molecule has 0 spiro atoms. The normalized spacial score (nSPS) is 18.1. The number of rotatable bonds is 8. The number of alkyl halides is 1. The van der Waals surface area contributed by atoms with Crippen LogP contribution in [0, 0.1) is 6.92 Å². The molecule has 4 nitrogen and oxygen atoms in total. The molecule has 0 bridgehead atoms. The number of hydrogen-bond acceptors (Lipinski definition) is 5. The van der Waals surface area contributed by atoms with Crippen LogP contribution in [0.1, 0.15) is 53.5 Å². The Kier molecular flexibility index (Phi) is 8.16. The molecule has 1 aliphatic heterocycles. The molecule has 5 rings (SSSR count). The van der Waals surface area contributed by atoms with E-state index in [0.29, 0.717) is 6.42 Å². The van der Waals surface area contributed by atoms with E-state index < -0.39 is 0 Å². The van der Waals surface area contributed by atoms with Crippen LogP contribution in [0.4, 0.5) is 10.1 Å². The molecule has 194 valence electrons. The summed E-state index contributed by atoms with van der Waals surface area (Å²) >= 11 is 1.67. The van der Waals surface area contributed by atoms with E-state index in [9.17, 15) is 4.39 Å². The molecular weight excluding hydrogens is 481 g/mol. The monoisotopic (exact) mass is 517 g/mol. The lowest BCUT2D eigenvalue weighted by Crippen LogP contribution is -2.26. The van der Waals surface area contributed by atoms with Crippen LogP contribution >= 0.6 is 11.8 Å². The highest BCUT2D eigenvalue weighted by molar-refractivity contribution is 7.98. The van der Waals surface area contributed by atoms with Gasteiger partial charge in [0, 0.05) is 31.5 Å². The van der Waals surface area contributed by atoms with Crippen molar-refractivity contribution >= 4 is 28.6 Å². The second kappa shape index (κ2) is 11.7. The molecule has 2 aromatic carbocycles. The summed E-state index contributed by atoms with van der Waals surface area (Å²) in [4.78, 5) is 7.02. The molecule has 6 heteroatoms. The summed E-state index contributed by atoms with van der Waals surface area (Å²) in [5, 5.41) is 1.04. The van der Waals surface area contributed by atoms with Gasteiger partial charge in [-0.3, -0.25) is 9.29 Å². The molecule has 2 N–H and O–H groups in total. The quantitative estimate of drug-likeness (QED) is 0.263. The first-order chi connectivity index (χ1) is 18.1. The van der Waals surface area contributed by atoms with E-state index in [1.54, 1.807) is 11.8 Å². The van der Waals surface area contributed by atoms with E-state index in [0.717, 1.165) is 61.8 Å². The minimum Gasteiger partial charge on any atom is -0.489 e. The summed E-state index contributed by atoms with van der Waals surface area (Å²) in [5.41, 5.74) is 15.8. The van der Waals surface area contributed by atoms with Gasteiger partial charge in [-0.1, -0.05) is 18.2 Å². The van der Waals surface area contributed by atoms with E-state index in [4.69, 9.17) is 15.5 Å². The van der Waals surface area contributed by atoms with Crippen molar-refractivity contribution in [2.75, 3.05) is 38.3 Å². The highest BCUT2D eigenvalue weighted by Gasteiger charge is 2.24. The van der Waals surface area contributed by atoms with Crippen molar-refractivity contribution < 1.29 is 9.13 Å². The van der Waals surface area contributed by atoms with Gasteiger partial charge in [-0.15, -0.1) is 11.8 Å². The van der Waals surface area contributed by atoms with Gasteiger partial charge in [-0.05, 0) is 115 Å². The lowest BCUT2D eigenvalue weighted by Gasteiger charge is -2.19. The SMILES string of the molecule is CSc1cc(C)c(C2=C(c3ccc(OC4CCN(CCCF)C4)cc3)c3ccc(N)cc3CCC2)cn1. The fourth-order valence-corrected chi connectivity index (χ4v) is 6.09. The number of hydrogen-bond donors (Lipinski definition) is 1. The van der Waals surface area contributed by atoms with E-state index >= 15 is 0 Å². The molecule has 3 aromatic rings. The number of allylic oxidation sites excluding steroid dienone is 1. The third-order valence-corrected chi connectivity index (χ3v) is 8.12. The standard InChI is InChI=1S/C31H36FN3OS/c1-21-17-30(37-2)34-19-29(21)28-6-3-5-23-18-24(33)9-12-27(23)31(28)22-7-10-25(11-8-22)36-26-13-16-35(20-26)15-4-14-32/h7-12,17-19,26H,3-6,13-16,20,33H2,1-2H3. The Morgan fingerprint density at radius 3 is 2.70 bits per heavy atom. The van der Waals surface area contributed by atoms with Crippen molar-refractivity contribution in [3.63, 3.8) is 0 Å². The van der Waals surface area contributed by atoms with Crippen LogP contribution in [-0.4, -0.2) is 48.6 Å². The fraction of sp³-hybridized carbons (Fsp3) is 0.387. The Labute approximate surface area is 224 Å². The molecule has 1 aliphatic carbocycles. The van der Waals surface area contributed by atoms with Crippen molar-refractivity contribution in [2.24, 2.45) is 0 Å². The zero-order valence-corrected chi connectivity index (χ0v) is 22.6. The summed E-state index contributed by atoms with van der Waals surface area (Å²) in [6, 6.07) is 17.1. The highest BCUT2D eigenvalue weighted by atomic mass is 32.2. The van der Waals surface area contributed by atoms with Crippen LogP contribution in [0.3, 0.4) is 0 Å². The first-order valence-corrected chi connectivity index (χ1v) is 14.5. The van der Waals surface area contributed by atoms with Crippen LogP contribution in [0.15, 0.2) is 59.8 Å². The van der Waals surface area contributed by atoms with E-state index in [1.807, 2.05) is 12.3 Å². The number of aromatic nitrogens is 1. The third-order valence-electron chi connectivity index (χ3n) is 7.48. The lowest BCUT2D eigenvalue weighted by molar-refractivity contribution is 0.198. The maximum absolute atomic E-state index is 12.5. The van der Waals surface area contributed by atoms with Crippen LogP contribution < -0.4 is 10.5 Å². The van der Waals surface area contributed by atoms with Crippen molar-refractivity contribution in [3.05, 3.63) is 82.5 Å². The minimum atomic E-state index is -0.256. The third kappa shape index (κ3) is 5.86. The first-order valence-electron chi connectivity index (χ1n) is 13.2. The Balaban J connectivity index is 1.49. The van der Waals surface area contributed by atoms with Crippen LogP contribution in [0.25, 0.3) is 11.1 Å². The molecule has 2 aliphatic rings. The average Bonchev–Trinajstić information content (AvgIpc) is 3.27. The minimum absolute atomic E-state index is 0.158. The zero-order valence-electron chi connectivity index (χ0n) is 21.8. The van der Waals surface area contributed by atoms with E-state index in [1.165, 1.54) is 39.0 Å². The second-order valence-corrected chi connectivity index (χ2v) is 10.9. The number of thioether (sulfide) groups is 1. The number of halogens is 1. The fourth-order valence-electron chi connectivity index (χ4n) is 5.64. The molecule has 0 amide bonds. The number of nitrogen functional groups attached to an aromatic ring is 1. The summed E-state index contributed by atoms with van der Waals surface area (Å²) in [5.74, 6) is 0.886. The van der Waals surface area contributed by atoms with Crippen LogP contribution in [0.5, 0.6) is 5.75 Å². The Hall–Kier alpha value is -2.83.